The molecule has 2 aromatic carbocycles. The van der Waals surface area contributed by atoms with Gasteiger partial charge in [-0.2, -0.15) is 0 Å². The molecule has 0 radical (unpaired) electrons. The molecular weight excluding hydrogens is 340 g/mol. The first-order chi connectivity index (χ1) is 13.0. The zero-order valence-electron chi connectivity index (χ0n) is 16.4. The van der Waals surface area contributed by atoms with Crippen molar-refractivity contribution < 1.29 is 14.3 Å². The molecule has 0 heterocycles. The summed E-state index contributed by atoms with van der Waals surface area (Å²) in [5, 5.41) is 0. The van der Waals surface area contributed by atoms with Crippen LogP contribution in [0.4, 0.5) is 0 Å². The highest BCUT2D eigenvalue weighted by molar-refractivity contribution is 5.78. The second kappa shape index (κ2) is 10.4. The Kier molecular flexibility index (Phi) is 7.86. The molecule has 0 N–H and O–H groups in total. The number of benzene rings is 2. The Hall–Kier alpha value is -2.82. The van der Waals surface area contributed by atoms with Gasteiger partial charge in [-0.15, -0.1) is 0 Å². The van der Waals surface area contributed by atoms with Gasteiger partial charge in [-0.25, -0.2) is 0 Å². The largest absolute Gasteiger partial charge is 0.497 e. The summed E-state index contributed by atoms with van der Waals surface area (Å²) in [5.74, 6) is 0.801. The van der Waals surface area contributed by atoms with Crippen LogP contribution in [-0.2, 0) is 22.7 Å². The van der Waals surface area contributed by atoms with Crippen LogP contribution < -0.4 is 4.74 Å². The van der Waals surface area contributed by atoms with E-state index in [-0.39, 0.29) is 11.8 Å². The maximum atomic E-state index is 12.6. The summed E-state index contributed by atoms with van der Waals surface area (Å²) in [5.41, 5.74) is 2.12. The fourth-order valence-electron chi connectivity index (χ4n) is 2.87. The van der Waals surface area contributed by atoms with Gasteiger partial charge in [0.1, 0.15) is 5.75 Å². The molecule has 0 fully saturated rings. The third kappa shape index (κ3) is 6.44. The predicted molar refractivity (Wildman–Crippen MR) is 106 cm³/mol. The van der Waals surface area contributed by atoms with Crippen molar-refractivity contribution in [3.63, 3.8) is 0 Å². The van der Waals surface area contributed by atoms with E-state index in [2.05, 4.69) is 0 Å². The molecule has 2 amide bonds. The van der Waals surface area contributed by atoms with Crippen LogP contribution in [0.25, 0.3) is 0 Å². The van der Waals surface area contributed by atoms with Crippen molar-refractivity contribution in [1.82, 2.24) is 9.80 Å². The van der Waals surface area contributed by atoms with E-state index in [1.165, 1.54) is 6.92 Å². The number of hydrogen-bond donors (Lipinski definition) is 0. The van der Waals surface area contributed by atoms with E-state index in [0.717, 1.165) is 16.9 Å². The van der Waals surface area contributed by atoms with Gasteiger partial charge in [0.2, 0.25) is 11.8 Å². The van der Waals surface area contributed by atoms with Crippen molar-refractivity contribution in [2.75, 3.05) is 20.2 Å². The second-order valence-corrected chi connectivity index (χ2v) is 6.43. The lowest BCUT2D eigenvalue weighted by Crippen LogP contribution is -2.35. The number of rotatable bonds is 9. The van der Waals surface area contributed by atoms with Gasteiger partial charge in [0.25, 0.3) is 0 Å². The maximum Gasteiger partial charge on any atom is 0.224 e. The number of amides is 2. The van der Waals surface area contributed by atoms with Crippen LogP contribution >= 0.6 is 0 Å². The third-order valence-electron chi connectivity index (χ3n) is 4.52. The van der Waals surface area contributed by atoms with Crippen LogP contribution in [0.15, 0.2) is 54.6 Å². The molecule has 2 rings (SSSR count). The Morgan fingerprint density at radius 1 is 0.889 bits per heavy atom. The first-order valence-corrected chi connectivity index (χ1v) is 9.23. The normalized spacial score (nSPS) is 10.3. The van der Waals surface area contributed by atoms with E-state index in [0.29, 0.717) is 32.6 Å². The Balaban J connectivity index is 1.93. The number of ether oxygens (including phenoxy) is 1. The van der Waals surface area contributed by atoms with E-state index in [9.17, 15) is 9.59 Å². The molecule has 0 saturated carbocycles. The SMILES string of the molecule is CCN(Cc1ccccc1)C(=O)CCN(Cc1ccc(OC)cc1)C(C)=O. The van der Waals surface area contributed by atoms with Crippen molar-refractivity contribution in [1.29, 1.82) is 0 Å². The Bertz CT molecular complexity index is 729. The minimum absolute atomic E-state index is 0.0373. The van der Waals surface area contributed by atoms with Crippen molar-refractivity contribution in [2.45, 2.75) is 33.4 Å². The minimum Gasteiger partial charge on any atom is -0.497 e. The molecule has 0 atom stereocenters. The second-order valence-electron chi connectivity index (χ2n) is 6.43. The fraction of sp³-hybridized carbons (Fsp3) is 0.364. The molecule has 0 aliphatic carbocycles. The topological polar surface area (TPSA) is 49.9 Å². The molecule has 0 spiro atoms. The van der Waals surface area contributed by atoms with Crippen LogP contribution in [0.1, 0.15) is 31.4 Å². The lowest BCUT2D eigenvalue weighted by Gasteiger charge is -2.25. The Morgan fingerprint density at radius 2 is 1.48 bits per heavy atom. The van der Waals surface area contributed by atoms with Crippen LogP contribution in [0, 0.1) is 0 Å². The third-order valence-corrected chi connectivity index (χ3v) is 4.52. The predicted octanol–water partition coefficient (Wildman–Crippen LogP) is 3.48. The Morgan fingerprint density at radius 3 is 2.04 bits per heavy atom. The molecule has 0 bridgehead atoms. The highest BCUT2D eigenvalue weighted by Gasteiger charge is 2.16. The van der Waals surface area contributed by atoms with Crippen molar-refractivity contribution in [3.05, 3.63) is 65.7 Å². The highest BCUT2D eigenvalue weighted by Crippen LogP contribution is 2.14. The molecule has 0 aliphatic heterocycles. The van der Waals surface area contributed by atoms with Gasteiger partial charge in [-0.05, 0) is 30.2 Å². The van der Waals surface area contributed by atoms with Crippen molar-refractivity contribution in [2.24, 2.45) is 0 Å². The number of hydrogen-bond acceptors (Lipinski definition) is 3. The maximum absolute atomic E-state index is 12.6. The number of methoxy groups -OCH3 is 1. The minimum atomic E-state index is -0.0373. The summed E-state index contributed by atoms with van der Waals surface area (Å²) in [6.45, 7) is 5.64. The zero-order chi connectivity index (χ0) is 19.6. The van der Waals surface area contributed by atoms with Crippen LogP contribution in [0.3, 0.4) is 0 Å². The quantitative estimate of drug-likeness (QED) is 0.681. The molecule has 0 unspecified atom stereocenters. The molecule has 5 heteroatoms. The van der Waals surface area contributed by atoms with Crippen molar-refractivity contribution >= 4 is 11.8 Å². The first kappa shape index (κ1) is 20.5. The fourth-order valence-corrected chi connectivity index (χ4v) is 2.87. The van der Waals surface area contributed by atoms with E-state index in [4.69, 9.17) is 4.74 Å². The first-order valence-electron chi connectivity index (χ1n) is 9.23. The summed E-state index contributed by atoms with van der Waals surface area (Å²) in [6, 6.07) is 17.6. The summed E-state index contributed by atoms with van der Waals surface area (Å²) < 4.78 is 5.16. The Labute approximate surface area is 161 Å². The number of carbonyl (C=O) groups is 2. The van der Waals surface area contributed by atoms with E-state index < -0.39 is 0 Å². The van der Waals surface area contributed by atoms with Crippen LogP contribution in [0.2, 0.25) is 0 Å². The van der Waals surface area contributed by atoms with Gasteiger partial charge in [-0.3, -0.25) is 9.59 Å². The van der Waals surface area contributed by atoms with Crippen LogP contribution in [-0.4, -0.2) is 41.8 Å². The van der Waals surface area contributed by atoms with Gasteiger partial charge in [0, 0.05) is 39.5 Å². The lowest BCUT2D eigenvalue weighted by molar-refractivity contribution is -0.134. The summed E-state index contributed by atoms with van der Waals surface area (Å²) in [6.07, 6.45) is 0.316. The van der Waals surface area contributed by atoms with Gasteiger partial charge in [0.15, 0.2) is 0 Å². The summed E-state index contributed by atoms with van der Waals surface area (Å²) in [4.78, 5) is 28.1. The van der Waals surface area contributed by atoms with Gasteiger partial charge in [-0.1, -0.05) is 42.5 Å². The number of carbonyl (C=O) groups excluding carboxylic acids is 2. The average molecular weight is 368 g/mol. The molecule has 2 aromatic rings. The van der Waals surface area contributed by atoms with Crippen molar-refractivity contribution in [3.8, 4) is 5.75 Å². The highest BCUT2D eigenvalue weighted by atomic mass is 16.5. The van der Waals surface area contributed by atoms with Gasteiger partial charge >= 0.3 is 0 Å². The standard InChI is InChI=1S/C22H28N2O3/c1-4-23(16-19-8-6-5-7-9-19)22(26)14-15-24(18(2)25)17-20-10-12-21(27-3)13-11-20/h5-13H,4,14-17H2,1-3H3. The van der Waals surface area contributed by atoms with Crippen LogP contribution in [0.5, 0.6) is 5.75 Å². The van der Waals surface area contributed by atoms with Gasteiger partial charge in [0.05, 0.1) is 7.11 Å². The number of nitrogens with zero attached hydrogens (tertiary/aromatic N) is 2. The summed E-state index contributed by atoms with van der Waals surface area (Å²) in [7, 11) is 1.62. The van der Waals surface area contributed by atoms with E-state index >= 15 is 0 Å². The summed E-state index contributed by atoms with van der Waals surface area (Å²) >= 11 is 0. The molecule has 27 heavy (non-hydrogen) atoms. The molecule has 0 saturated heterocycles. The monoisotopic (exact) mass is 368 g/mol. The molecule has 5 nitrogen and oxygen atoms in total. The smallest absolute Gasteiger partial charge is 0.224 e. The van der Waals surface area contributed by atoms with Gasteiger partial charge < -0.3 is 14.5 Å². The molecule has 0 aromatic heterocycles. The van der Waals surface area contributed by atoms with E-state index in [1.54, 1.807) is 12.0 Å². The molecular formula is C22H28N2O3. The molecule has 0 aliphatic rings. The molecule has 144 valence electrons. The zero-order valence-corrected chi connectivity index (χ0v) is 16.4. The average Bonchev–Trinajstić information content (AvgIpc) is 2.70. The van der Waals surface area contributed by atoms with E-state index in [1.807, 2.05) is 66.4 Å². The lowest BCUT2D eigenvalue weighted by atomic mass is 10.2.